The lowest BCUT2D eigenvalue weighted by molar-refractivity contribution is 0.0935. The van der Waals surface area contributed by atoms with Gasteiger partial charge in [0.2, 0.25) is 0 Å². The molecule has 166 valence electrons. The average Bonchev–Trinajstić information content (AvgIpc) is 2.84. The number of nitrogens with zero attached hydrogens (tertiary/aromatic N) is 3. The molecule has 2 aromatic heterocycles. The topological polar surface area (TPSA) is 106 Å². The minimum atomic E-state index is -0.367. The van der Waals surface area contributed by atoms with Gasteiger partial charge in [-0.3, -0.25) is 4.79 Å². The van der Waals surface area contributed by atoms with Gasteiger partial charge in [-0.25, -0.2) is 19.3 Å². The number of aromatic nitrogens is 3. The molecule has 0 saturated heterocycles. The second-order valence-corrected chi connectivity index (χ2v) is 7.52. The number of nitrogen functional groups attached to an aromatic ring is 1. The molecule has 0 unspecified atom stereocenters. The van der Waals surface area contributed by atoms with Crippen LogP contribution in [-0.4, -0.2) is 20.9 Å². The first kappa shape index (κ1) is 21.9. The number of carbonyl (C=O) groups is 1. The third-order valence-electron chi connectivity index (χ3n) is 5.16. The molecule has 0 aliphatic carbocycles. The molecule has 0 saturated carbocycles. The van der Waals surface area contributed by atoms with E-state index in [2.05, 4.69) is 25.6 Å². The van der Waals surface area contributed by atoms with Crippen LogP contribution in [0.4, 0.5) is 16.0 Å². The third kappa shape index (κ3) is 5.48. The van der Waals surface area contributed by atoms with E-state index in [1.807, 2.05) is 37.3 Å². The second kappa shape index (κ2) is 9.86. The highest BCUT2D eigenvalue weighted by Crippen LogP contribution is 2.20. The first-order chi connectivity index (χ1) is 16.0. The fourth-order valence-corrected chi connectivity index (χ4v) is 3.31. The fourth-order valence-electron chi connectivity index (χ4n) is 3.31. The number of benzene rings is 2. The maximum atomic E-state index is 13.2. The summed E-state index contributed by atoms with van der Waals surface area (Å²) in [5, 5.41) is 6.07. The van der Waals surface area contributed by atoms with Gasteiger partial charge < -0.3 is 16.4 Å². The lowest BCUT2D eigenvalue weighted by Crippen LogP contribution is -2.28. The molecule has 0 spiro atoms. The van der Waals surface area contributed by atoms with Gasteiger partial charge >= 0.3 is 0 Å². The van der Waals surface area contributed by atoms with Crippen molar-refractivity contribution in [1.82, 2.24) is 20.3 Å². The largest absolute Gasteiger partial charge is 0.384 e. The van der Waals surface area contributed by atoms with Gasteiger partial charge in [0.05, 0.1) is 6.04 Å². The predicted molar refractivity (Wildman–Crippen MR) is 126 cm³/mol. The molecule has 1 amide bonds. The van der Waals surface area contributed by atoms with E-state index in [-0.39, 0.29) is 23.5 Å². The van der Waals surface area contributed by atoms with Crippen molar-refractivity contribution in [1.29, 1.82) is 0 Å². The van der Waals surface area contributed by atoms with Crippen LogP contribution in [0.1, 0.15) is 34.6 Å². The van der Waals surface area contributed by atoms with Crippen molar-refractivity contribution >= 4 is 17.5 Å². The van der Waals surface area contributed by atoms with Gasteiger partial charge in [0, 0.05) is 30.7 Å². The van der Waals surface area contributed by atoms with E-state index >= 15 is 0 Å². The minimum Gasteiger partial charge on any atom is -0.384 e. The van der Waals surface area contributed by atoms with Gasteiger partial charge in [-0.05, 0) is 47.9 Å². The Hall–Kier alpha value is -4.33. The first-order valence-electron chi connectivity index (χ1n) is 10.4. The van der Waals surface area contributed by atoms with Crippen molar-refractivity contribution in [2.75, 3.05) is 11.1 Å². The standard InChI is InChI=1S/C25H23FN6O/c1-16(18-6-9-21(26)10-7-18)32-25(33)23-24(29-13-12-28-23)31-14-17-2-4-19(5-3-17)20-8-11-22(27)30-15-20/h2-13,15-16H,14H2,1H3,(H2,27,30)(H,29,31)(H,32,33)/t16-/m0/s1. The van der Waals surface area contributed by atoms with E-state index in [1.165, 1.54) is 24.5 Å². The van der Waals surface area contributed by atoms with Crippen LogP contribution < -0.4 is 16.4 Å². The van der Waals surface area contributed by atoms with E-state index in [4.69, 9.17) is 5.73 Å². The quantitative estimate of drug-likeness (QED) is 0.393. The zero-order valence-electron chi connectivity index (χ0n) is 18.0. The molecule has 7 nitrogen and oxygen atoms in total. The van der Waals surface area contributed by atoms with Crippen molar-refractivity contribution in [3.05, 3.63) is 102 Å². The Bertz CT molecular complexity index is 1230. The number of amides is 1. The lowest BCUT2D eigenvalue weighted by Gasteiger charge is -2.15. The molecule has 8 heteroatoms. The Morgan fingerprint density at radius 1 is 0.939 bits per heavy atom. The number of anilines is 2. The molecule has 2 heterocycles. The van der Waals surface area contributed by atoms with Crippen LogP contribution in [0.3, 0.4) is 0 Å². The number of hydrogen-bond donors (Lipinski definition) is 3. The van der Waals surface area contributed by atoms with Gasteiger partial charge in [0.25, 0.3) is 5.91 Å². The summed E-state index contributed by atoms with van der Waals surface area (Å²) in [6.07, 6.45) is 4.73. The summed E-state index contributed by atoms with van der Waals surface area (Å²) in [5.41, 5.74) is 9.65. The summed E-state index contributed by atoms with van der Waals surface area (Å²) >= 11 is 0. The Kier molecular flexibility index (Phi) is 6.54. The third-order valence-corrected chi connectivity index (χ3v) is 5.16. The number of nitrogens with two attached hydrogens (primary N) is 1. The van der Waals surface area contributed by atoms with Crippen LogP contribution in [0.15, 0.2) is 79.3 Å². The smallest absolute Gasteiger partial charge is 0.274 e. The summed E-state index contributed by atoms with van der Waals surface area (Å²) in [4.78, 5) is 25.4. The number of rotatable bonds is 7. The fraction of sp³-hybridized carbons (Fsp3) is 0.120. The van der Waals surface area contributed by atoms with Crippen molar-refractivity contribution in [2.45, 2.75) is 19.5 Å². The van der Waals surface area contributed by atoms with Crippen LogP contribution in [0.25, 0.3) is 11.1 Å². The molecule has 0 aliphatic heterocycles. The molecule has 33 heavy (non-hydrogen) atoms. The van der Waals surface area contributed by atoms with Crippen LogP contribution in [0.5, 0.6) is 0 Å². The van der Waals surface area contributed by atoms with Gasteiger partial charge in [-0.15, -0.1) is 0 Å². The summed E-state index contributed by atoms with van der Waals surface area (Å²) in [5.74, 6) is 0.174. The predicted octanol–water partition coefficient (Wildman–Crippen LogP) is 4.36. The summed E-state index contributed by atoms with van der Waals surface area (Å²) in [6.45, 7) is 2.29. The molecule has 0 radical (unpaired) electrons. The Morgan fingerprint density at radius 3 is 2.33 bits per heavy atom. The van der Waals surface area contributed by atoms with Crippen LogP contribution in [0.2, 0.25) is 0 Å². The second-order valence-electron chi connectivity index (χ2n) is 7.52. The molecular weight excluding hydrogens is 419 g/mol. The van der Waals surface area contributed by atoms with E-state index in [0.717, 1.165) is 22.3 Å². The summed E-state index contributed by atoms with van der Waals surface area (Å²) < 4.78 is 13.2. The molecule has 4 rings (SSSR count). The maximum absolute atomic E-state index is 13.2. The molecule has 0 aliphatic rings. The molecule has 2 aromatic carbocycles. The monoisotopic (exact) mass is 442 g/mol. The highest BCUT2D eigenvalue weighted by molar-refractivity contribution is 5.96. The number of nitrogens with one attached hydrogen (secondary N) is 2. The Morgan fingerprint density at radius 2 is 1.64 bits per heavy atom. The van der Waals surface area contributed by atoms with E-state index in [1.54, 1.807) is 24.4 Å². The highest BCUT2D eigenvalue weighted by atomic mass is 19.1. The van der Waals surface area contributed by atoms with E-state index in [0.29, 0.717) is 18.2 Å². The molecular formula is C25H23FN6O. The van der Waals surface area contributed by atoms with Crippen molar-refractivity contribution in [2.24, 2.45) is 0 Å². The Balaban J connectivity index is 1.41. The average molecular weight is 442 g/mol. The number of carbonyl (C=O) groups excluding carboxylic acids is 1. The van der Waals surface area contributed by atoms with Gasteiger partial charge in [0.1, 0.15) is 11.6 Å². The SMILES string of the molecule is C[C@H](NC(=O)c1nccnc1NCc1ccc(-c2ccc(N)nc2)cc1)c1ccc(F)cc1. The van der Waals surface area contributed by atoms with Crippen molar-refractivity contribution in [3.63, 3.8) is 0 Å². The minimum absolute atomic E-state index is 0.191. The first-order valence-corrected chi connectivity index (χ1v) is 10.4. The molecule has 0 fully saturated rings. The van der Waals surface area contributed by atoms with Crippen molar-refractivity contribution < 1.29 is 9.18 Å². The number of halogens is 1. The van der Waals surface area contributed by atoms with Crippen LogP contribution >= 0.6 is 0 Å². The zero-order chi connectivity index (χ0) is 23.2. The lowest BCUT2D eigenvalue weighted by atomic mass is 10.1. The van der Waals surface area contributed by atoms with Crippen LogP contribution in [0, 0.1) is 5.82 Å². The maximum Gasteiger partial charge on any atom is 0.274 e. The van der Waals surface area contributed by atoms with E-state index in [9.17, 15) is 9.18 Å². The Labute approximate surface area is 190 Å². The summed E-state index contributed by atoms with van der Waals surface area (Å²) in [6, 6.07) is 17.4. The van der Waals surface area contributed by atoms with Gasteiger partial charge in [-0.2, -0.15) is 0 Å². The molecule has 4 aromatic rings. The molecule has 1 atom stereocenters. The molecule has 4 N–H and O–H groups in total. The number of hydrogen-bond acceptors (Lipinski definition) is 6. The zero-order valence-corrected chi connectivity index (χ0v) is 18.0. The molecule has 0 bridgehead atoms. The normalized spacial score (nSPS) is 11.6. The van der Waals surface area contributed by atoms with Crippen LogP contribution in [-0.2, 0) is 6.54 Å². The van der Waals surface area contributed by atoms with Crippen molar-refractivity contribution in [3.8, 4) is 11.1 Å². The van der Waals surface area contributed by atoms with Gasteiger partial charge in [0.15, 0.2) is 11.5 Å². The summed E-state index contributed by atoms with van der Waals surface area (Å²) in [7, 11) is 0. The van der Waals surface area contributed by atoms with Gasteiger partial charge in [-0.1, -0.05) is 36.4 Å². The highest BCUT2D eigenvalue weighted by Gasteiger charge is 2.17. The van der Waals surface area contributed by atoms with E-state index < -0.39 is 0 Å². The number of pyridine rings is 1.